The number of nitro groups is 3. The van der Waals surface area contributed by atoms with Crippen molar-refractivity contribution in [3.05, 3.63) is 72.8 Å². The first-order valence-corrected chi connectivity index (χ1v) is 10.5. The Morgan fingerprint density at radius 3 is 1.74 bits per heavy atom. The van der Waals surface area contributed by atoms with Gasteiger partial charge in [-0.2, -0.15) is 0 Å². The molecule has 0 aliphatic heterocycles. The lowest BCUT2D eigenvalue weighted by molar-refractivity contribution is -0.926. The summed E-state index contributed by atoms with van der Waals surface area (Å²) in [5, 5.41) is 50.3. The lowest BCUT2D eigenvalue weighted by Crippen LogP contribution is -2.52. The van der Waals surface area contributed by atoms with Crippen LogP contribution < -0.4 is 4.74 Å². The number of aliphatic hydroxyl groups is 1. The van der Waals surface area contributed by atoms with Crippen molar-refractivity contribution in [2.24, 2.45) is 0 Å². The average molecular weight is 481 g/mol. The van der Waals surface area contributed by atoms with Crippen LogP contribution in [0.15, 0.2) is 42.5 Å². The number of benzene rings is 2. The van der Waals surface area contributed by atoms with E-state index in [1.165, 1.54) is 0 Å². The van der Waals surface area contributed by atoms with Crippen LogP contribution in [0.4, 0.5) is 17.1 Å². The molecule has 2 N–H and O–H groups in total. The van der Waals surface area contributed by atoms with E-state index >= 15 is 0 Å². The fraction of sp³-hybridized carbons (Fsp3) is 0.429. The zero-order valence-corrected chi connectivity index (χ0v) is 19.2. The van der Waals surface area contributed by atoms with E-state index in [4.69, 9.17) is 9.84 Å². The van der Waals surface area contributed by atoms with E-state index in [1.807, 2.05) is 30.3 Å². The molecule has 0 bridgehead atoms. The van der Waals surface area contributed by atoms with Crippen molar-refractivity contribution in [2.45, 2.75) is 26.9 Å². The molecule has 186 valence electrons. The molecule has 0 amide bonds. The summed E-state index contributed by atoms with van der Waals surface area (Å²) in [4.78, 5) is 27.8. The Hall–Kier alpha value is -3.84. The smallest absolute Gasteiger partial charge is 0.324 e. The summed E-state index contributed by atoms with van der Waals surface area (Å²) < 4.78 is 6.53. The van der Waals surface area contributed by atoms with Gasteiger partial charge < -0.3 is 19.4 Å². The normalized spacial score (nSPS) is 11.6. The number of hydrogen-bond acceptors (Lipinski definition) is 9. The van der Waals surface area contributed by atoms with Gasteiger partial charge >= 0.3 is 11.4 Å². The Kier molecular flexibility index (Phi) is 10.8. The van der Waals surface area contributed by atoms with Crippen molar-refractivity contribution in [1.29, 1.82) is 0 Å². The van der Waals surface area contributed by atoms with Crippen LogP contribution in [-0.4, -0.2) is 68.4 Å². The number of para-hydroxylation sites is 1. The fourth-order valence-electron chi connectivity index (χ4n) is 3.24. The summed E-state index contributed by atoms with van der Waals surface area (Å²) in [6.07, 6.45) is -0.412. The zero-order chi connectivity index (χ0) is 25.9. The highest BCUT2D eigenvalue weighted by Crippen LogP contribution is 2.38. The summed E-state index contributed by atoms with van der Waals surface area (Å²) in [6.45, 7) is 10.8. The molecular weight excluding hydrogens is 452 g/mol. The van der Waals surface area contributed by atoms with Gasteiger partial charge in [-0.1, -0.05) is 18.2 Å². The van der Waals surface area contributed by atoms with Crippen molar-refractivity contribution in [3.8, 4) is 11.5 Å². The van der Waals surface area contributed by atoms with Crippen molar-refractivity contribution < 1.29 is 34.2 Å². The number of non-ortho nitro benzene ring substituents is 1. The lowest BCUT2D eigenvalue weighted by atomic mass is 10.2. The topological polar surface area (TPSA) is 179 Å². The maximum absolute atomic E-state index is 10.4. The molecule has 2 aromatic rings. The maximum atomic E-state index is 10.4. The van der Waals surface area contributed by atoms with E-state index < -0.39 is 43.7 Å². The zero-order valence-electron chi connectivity index (χ0n) is 19.2. The summed E-state index contributed by atoms with van der Waals surface area (Å²) in [5.41, 5.74) is -3.00. The summed E-state index contributed by atoms with van der Waals surface area (Å²) >= 11 is 0. The molecule has 1 unspecified atom stereocenters. The van der Waals surface area contributed by atoms with Gasteiger partial charge in [-0.3, -0.25) is 30.3 Å². The molecule has 0 radical (unpaired) electrons. The molecule has 2 aromatic carbocycles. The molecule has 0 aromatic heterocycles. The first-order chi connectivity index (χ1) is 16.0. The van der Waals surface area contributed by atoms with E-state index in [0.717, 1.165) is 36.4 Å². The summed E-state index contributed by atoms with van der Waals surface area (Å²) in [6, 6.07) is 10.5. The molecule has 13 nitrogen and oxygen atoms in total. The van der Waals surface area contributed by atoms with Gasteiger partial charge in [-0.15, -0.1) is 0 Å². The van der Waals surface area contributed by atoms with Crippen LogP contribution in [0, 0.1) is 30.3 Å². The van der Waals surface area contributed by atoms with Crippen LogP contribution >= 0.6 is 0 Å². The van der Waals surface area contributed by atoms with E-state index in [1.54, 1.807) is 0 Å². The second-order valence-electron chi connectivity index (χ2n) is 7.35. The highest BCUT2D eigenvalue weighted by molar-refractivity contribution is 5.64. The molecule has 0 fully saturated rings. The van der Waals surface area contributed by atoms with Gasteiger partial charge in [0, 0.05) is 0 Å². The van der Waals surface area contributed by atoms with Gasteiger partial charge in [0.2, 0.25) is 0 Å². The van der Waals surface area contributed by atoms with Gasteiger partial charge in [0.15, 0.2) is 0 Å². The molecule has 0 aliphatic rings. The number of phenolic OH excluding ortho intramolecular Hbond substituents is 1. The van der Waals surface area contributed by atoms with Crippen LogP contribution in [-0.2, 0) is 0 Å². The number of rotatable bonds is 11. The standard InChI is InChI=1S/C15H26NO2.C6H3N3O7/c1-4-16(5-2,6-3)12-14(17)13-18-15-10-8-7-9-11-15;10-6-4(8(13)14)1-3(7(11)12)2-5(6)9(15)16/h7-11,14,17H,4-6,12-13H2,1-3H3;1-2,10H/q+1;. The number of aliphatic hydroxyl groups excluding tert-OH is 1. The minimum atomic E-state index is -1.21. The summed E-state index contributed by atoms with van der Waals surface area (Å²) in [5.74, 6) is -0.389. The second-order valence-corrected chi connectivity index (χ2v) is 7.35. The van der Waals surface area contributed by atoms with E-state index in [0.29, 0.717) is 18.7 Å². The van der Waals surface area contributed by atoms with Crippen molar-refractivity contribution in [3.63, 3.8) is 0 Å². The van der Waals surface area contributed by atoms with Crippen molar-refractivity contribution in [2.75, 3.05) is 32.8 Å². The molecule has 0 aliphatic carbocycles. The quantitative estimate of drug-likeness (QED) is 0.276. The first kappa shape index (κ1) is 28.2. The third-order valence-electron chi connectivity index (χ3n) is 5.45. The number of aromatic hydroxyl groups is 1. The number of ether oxygens (including phenoxy) is 1. The average Bonchev–Trinajstić information content (AvgIpc) is 2.82. The van der Waals surface area contributed by atoms with Crippen LogP contribution in [0.3, 0.4) is 0 Å². The van der Waals surface area contributed by atoms with E-state index in [2.05, 4.69) is 20.8 Å². The number of hydrogen-bond donors (Lipinski definition) is 2. The Morgan fingerprint density at radius 2 is 1.35 bits per heavy atom. The maximum Gasteiger partial charge on any atom is 0.324 e. The van der Waals surface area contributed by atoms with Gasteiger partial charge in [-0.05, 0) is 32.9 Å². The van der Waals surface area contributed by atoms with Crippen LogP contribution in [0.5, 0.6) is 11.5 Å². The highest BCUT2D eigenvalue weighted by Gasteiger charge is 2.30. The van der Waals surface area contributed by atoms with Gasteiger partial charge in [0.05, 0.1) is 46.5 Å². The predicted octanol–water partition coefficient (Wildman–Crippen LogP) is 3.42. The lowest BCUT2D eigenvalue weighted by Gasteiger charge is -2.37. The Balaban J connectivity index is 0.000000342. The third-order valence-corrected chi connectivity index (χ3v) is 5.45. The molecule has 0 heterocycles. The monoisotopic (exact) mass is 481 g/mol. The third kappa shape index (κ3) is 7.94. The second kappa shape index (κ2) is 13.0. The van der Waals surface area contributed by atoms with Crippen molar-refractivity contribution >= 4 is 17.1 Å². The molecule has 1 atom stereocenters. The number of likely N-dealkylation sites (N-methyl/N-ethyl adjacent to an activating group) is 1. The number of phenols is 1. The van der Waals surface area contributed by atoms with Crippen molar-refractivity contribution in [1.82, 2.24) is 0 Å². The molecule has 0 saturated heterocycles. The van der Waals surface area contributed by atoms with Crippen LogP contribution in [0.25, 0.3) is 0 Å². The summed E-state index contributed by atoms with van der Waals surface area (Å²) in [7, 11) is 0. The first-order valence-electron chi connectivity index (χ1n) is 10.5. The molecular formula is C21H29N4O9+. The number of nitrogens with zero attached hydrogens (tertiary/aromatic N) is 4. The van der Waals surface area contributed by atoms with Gasteiger partial charge in [0.25, 0.3) is 11.4 Å². The predicted molar refractivity (Wildman–Crippen MR) is 123 cm³/mol. The Labute approximate surface area is 195 Å². The molecule has 34 heavy (non-hydrogen) atoms. The van der Waals surface area contributed by atoms with Gasteiger partial charge in [-0.25, -0.2) is 0 Å². The van der Waals surface area contributed by atoms with Crippen LogP contribution in [0.1, 0.15) is 20.8 Å². The fourth-order valence-corrected chi connectivity index (χ4v) is 3.24. The number of nitro benzene ring substituents is 3. The van der Waals surface area contributed by atoms with E-state index in [-0.39, 0.29) is 0 Å². The van der Waals surface area contributed by atoms with Gasteiger partial charge in [0.1, 0.15) is 25.0 Å². The molecule has 0 saturated carbocycles. The molecule has 0 spiro atoms. The Morgan fingerprint density at radius 1 is 0.882 bits per heavy atom. The largest absolute Gasteiger partial charge is 0.497 e. The SMILES string of the molecule is CC[N+](CC)(CC)CC(O)COc1ccccc1.O=[N+]([O-])c1cc([N+](=O)[O-])c(O)c([N+](=O)[O-])c1. The number of quaternary nitrogens is 1. The minimum absolute atomic E-state index is 0.365. The van der Waals surface area contributed by atoms with Crippen LogP contribution in [0.2, 0.25) is 0 Å². The molecule has 2 rings (SSSR count). The highest BCUT2D eigenvalue weighted by atomic mass is 16.6. The minimum Gasteiger partial charge on any atom is -0.497 e. The van der Waals surface area contributed by atoms with E-state index in [9.17, 15) is 35.4 Å². The molecule has 13 heteroatoms. The Bertz CT molecular complexity index is 938.